The van der Waals surface area contributed by atoms with Crippen LogP contribution in [0, 0.1) is 0 Å². The van der Waals surface area contributed by atoms with Crippen LogP contribution in [-0.4, -0.2) is 44.5 Å². The maximum absolute atomic E-state index is 12.5. The van der Waals surface area contributed by atoms with Crippen molar-refractivity contribution in [2.75, 3.05) is 31.7 Å². The van der Waals surface area contributed by atoms with Gasteiger partial charge in [0.05, 0.1) is 19.8 Å². The zero-order chi connectivity index (χ0) is 20.1. The number of benzene rings is 2. The lowest BCUT2D eigenvalue weighted by Crippen LogP contribution is -2.46. The van der Waals surface area contributed by atoms with Crippen LogP contribution in [0.4, 0.5) is 5.69 Å². The van der Waals surface area contributed by atoms with Crippen molar-refractivity contribution in [3.05, 3.63) is 54.6 Å². The van der Waals surface area contributed by atoms with E-state index >= 15 is 0 Å². The van der Waals surface area contributed by atoms with Gasteiger partial charge in [-0.2, -0.15) is 0 Å². The van der Waals surface area contributed by atoms with Gasteiger partial charge in [0.15, 0.2) is 5.79 Å². The number of ether oxygens (including phenoxy) is 3. The first kappa shape index (κ1) is 19.7. The molecule has 2 aromatic rings. The molecule has 0 aromatic heterocycles. The van der Waals surface area contributed by atoms with E-state index in [4.69, 9.17) is 14.2 Å². The van der Waals surface area contributed by atoms with Crippen molar-refractivity contribution < 1.29 is 19.0 Å². The molecule has 2 fully saturated rings. The second-order valence-corrected chi connectivity index (χ2v) is 7.71. The molecule has 1 N–H and O–H groups in total. The number of nitrogens with one attached hydrogen (secondary N) is 1. The molecule has 0 radical (unpaired) electrons. The lowest BCUT2D eigenvalue weighted by atomic mass is 9.90. The van der Waals surface area contributed by atoms with Crippen LogP contribution in [0.25, 0.3) is 0 Å². The maximum atomic E-state index is 12.5. The van der Waals surface area contributed by atoms with Crippen LogP contribution in [0.3, 0.4) is 0 Å². The van der Waals surface area contributed by atoms with E-state index in [2.05, 4.69) is 5.32 Å². The quantitative estimate of drug-likeness (QED) is 0.807. The first-order valence-electron chi connectivity index (χ1n) is 10.2. The zero-order valence-corrected chi connectivity index (χ0v) is 16.8. The topological polar surface area (TPSA) is 60.0 Å². The number of carbonyl (C=O) groups is 1. The predicted molar refractivity (Wildman–Crippen MR) is 111 cm³/mol. The molecule has 1 aliphatic carbocycles. The molecular weight excluding hydrogens is 368 g/mol. The normalized spacial score (nSPS) is 18.5. The molecular formula is C23H28N2O4. The number of hydrogen-bond acceptors (Lipinski definition) is 5. The molecule has 1 spiro atoms. The number of rotatable bonds is 6. The smallest absolute Gasteiger partial charge is 0.239 e. The Morgan fingerprint density at radius 1 is 1.03 bits per heavy atom. The summed E-state index contributed by atoms with van der Waals surface area (Å²) < 4.78 is 17.3. The second-order valence-electron chi connectivity index (χ2n) is 7.71. The molecule has 1 heterocycles. The van der Waals surface area contributed by atoms with Gasteiger partial charge in [0.2, 0.25) is 5.91 Å². The molecule has 154 valence electrons. The third kappa shape index (κ3) is 5.08. The van der Waals surface area contributed by atoms with Gasteiger partial charge in [0.25, 0.3) is 0 Å². The Labute approximate surface area is 171 Å². The number of para-hydroxylation sites is 1. The summed E-state index contributed by atoms with van der Waals surface area (Å²) in [4.78, 5) is 14.4. The SMILES string of the molecule is CN(CC(=O)NC1CCC2(CC1)OCCO2)c1ccc(Oc2ccccc2)cc1. The maximum Gasteiger partial charge on any atom is 0.239 e. The second kappa shape index (κ2) is 8.84. The van der Waals surface area contributed by atoms with Crippen LogP contribution >= 0.6 is 0 Å². The van der Waals surface area contributed by atoms with Gasteiger partial charge >= 0.3 is 0 Å². The number of hydrogen-bond donors (Lipinski definition) is 1. The molecule has 4 rings (SSSR count). The molecule has 1 amide bonds. The van der Waals surface area contributed by atoms with Crippen LogP contribution in [0.15, 0.2) is 54.6 Å². The highest BCUT2D eigenvalue weighted by molar-refractivity contribution is 5.81. The molecule has 29 heavy (non-hydrogen) atoms. The summed E-state index contributed by atoms with van der Waals surface area (Å²) in [6.07, 6.45) is 3.47. The molecule has 0 atom stereocenters. The summed E-state index contributed by atoms with van der Waals surface area (Å²) >= 11 is 0. The van der Waals surface area contributed by atoms with Gasteiger partial charge in [-0.25, -0.2) is 0 Å². The molecule has 6 heteroatoms. The lowest BCUT2D eigenvalue weighted by Gasteiger charge is -2.35. The fourth-order valence-electron chi connectivity index (χ4n) is 3.96. The van der Waals surface area contributed by atoms with E-state index < -0.39 is 0 Å². The number of likely N-dealkylation sites (N-methyl/N-ethyl adjacent to an activating group) is 1. The first-order valence-corrected chi connectivity index (χ1v) is 10.2. The molecule has 1 aliphatic heterocycles. The minimum Gasteiger partial charge on any atom is -0.457 e. The van der Waals surface area contributed by atoms with Gasteiger partial charge in [0.1, 0.15) is 11.5 Å². The van der Waals surface area contributed by atoms with Crippen molar-refractivity contribution in [2.45, 2.75) is 37.5 Å². The van der Waals surface area contributed by atoms with Gasteiger partial charge in [-0.1, -0.05) is 18.2 Å². The minimum absolute atomic E-state index is 0.0336. The fourth-order valence-corrected chi connectivity index (χ4v) is 3.96. The van der Waals surface area contributed by atoms with Crippen LogP contribution in [0.1, 0.15) is 25.7 Å². The Morgan fingerprint density at radius 3 is 2.31 bits per heavy atom. The van der Waals surface area contributed by atoms with Gasteiger partial charge in [-0.3, -0.25) is 4.79 Å². The minimum atomic E-state index is -0.387. The molecule has 2 aromatic carbocycles. The Bertz CT molecular complexity index is 793. The van der Waals surface area contributed by atoms with E-state index in [9.17, 15) is 4.79 Å². The summed E-state index contributed by atoms with van der Waals surface area (Å²) in [6, 6.07) is 17.6. The van der Waals surface area contributed by atoms with Crippen LogP contribution < -0.4 is 15.0 Å². The van der Waals surface area contributed by atoms with E-state index in [-0.39, 0.29) is 17.7 Å². The molecule has 6 nitrogen and oxygen atoms in total. The van der Waals surface area contributed by atoms with Crippen molar-refractivity contribution in [2.24, 2.45) is 0 Å². The number of amides is 1. The molecule has 0 bridgehead atoms. The van der Waals surface area contributed by atoms with Gasteiger partial charge in [0, 0.05) is 31.6 Å². The van der Waals surface area contributed by atoms with E-state index in [1.807, 2.05) is 66.5 Å². The highest BCUT2D eigenvalue weighted by Crippen LogP contribution is 2.35. The number of nitrogens with zero attached hydrogens (tertiary/aromatic N) is 1. The molecule has 1 saturated carbocycles. The first-order chi connectivity index (χ1) is 14.1. The summed E-state index contributed by atoms with van der Waals surface area (Å²) in [7, 11) is 1.92. The third-order valence-corrected chi connectivity index (χ3v) is 5.56. The largest absolute Gasteiger partial charge is 0.457 e. The van der Waals surface area contributed by atoms with Gasteiger partial charge in [-0.15, -0.1) is 0 Å². The summed E-state index contributed by atoms with van der Waals surface area (Å²) in [5.74, 6) is 1.22. The van der Waals surface area contributed by atoms with Crippen LogP contribution in [0.2, 0.25) is 0 Å². The van der Waals surface area contributed by atoms with Crippen LogP contribution in [0.5, 0.6) is 11.5 Å². The van der Waals surface area contributed by atoms with Crippen LogP contribution in [-0.2, 0) is 14.3 Å². The Morgan fingerprint density at radius 2 is 1.66 bits per heavy atom. The molecule has 2 aliphatic rings. The monoisotopic (exact) mass is 396 g/mol. The number of anilines is 1. The van der Waals surface area contributed by atoms with Gasteiger partial charge in [-0.05, 0) is 49.2 Å². The molecule has 0 unspecified atom stereocenters. The van der Waals surface area contributed by atoms with E-state index in [0.29, 0.717) is 19.8 Å². The summed E-state index contributed by atoms with van der Waals surface area (Å²) in [5.41, 5.74) is 0.968. The average molecular weight is 396 g/mol. The van der Waals surface area contributed by atoms with Crippen molar-refractivity contribution in [3.8, 4) is 11.5 Å². The summed E-state index contributed by atoms with van der Waals surface area (Å²) in [5, 5.41) is 3.15. The summed E-state index contributed by atoms with van der Waals surface area (Å²) in [6.45, 7) is 1.67. The predicted octanol–water partition coefficient (Wildman–Crippen LogP) is 3.72. The number of carbonyl (C=O) groups excluding carboxylic acids is 1. The van der Waals surface area contributed by atoms with E-state index in [0.717, 1.165) is 42.9 Å². The van der Waals surface area contributed by atoms with Crippen molar-refractivity contribution in [1.82, 2.24) is 5.32 Å². The van der Waals surface area contributed by atoms with E-state index in [1.165, 1.54) is 0 Å². The Kier molecular flexibility index (Phi) is 6.02. The van der Waals surface area contributed by atoms with E-state index in [1.54, 1.807) is 0 Å². The fraction of sp³-hybridized carbons (Fsp3) is 0.435. The van der Waals surface area contributed by atoms with Crippen molar-refractivity contribution in [3.63, 3.8) is 0 Å². The lowest BCUT2D eigenvalue weighted by molar-refractivity contribution is -0.180. The standard InChI is InChI=1S/C23H28N2O4/c1-25(19-7-9-21(10-8-19)29-20-5-3-2-4-6-20)17-22(26)24-18-11-13-23(14-12-18)27-15-16-28-23/h2-10,18H,11-17H2,1H3,(H,24,26). The van der Waals surface area contributed by atoms with Crippen molar-refractivity contribution in [1.29, 1.82) is 0 Å². The highest BCUT2D eigenvalue weighted by Gasteiger charge is 2.40. The highest BCUT2D eigenvalue weighted by atomic mass is 16.7. The van der Waals surface area contributed by atoms with Gasteiger partial charge < -0.3 is 24.4 Å². The average Bonchev–Trinajstić information content (AvgIpc) is 3.19. The molecule has 1 saturated heterocycles. The Balaban J connectivity index is 1.24. The van der Waals surface area contributed by atoms with Crippen molar-refractivity contribution >= 4 is 11.6 Å². The third-order valence-electron chi connectivity index (χ3n) is 5.56. The zero-order valence-electron chi connectivity index (χ0n) is 16.8. The Hall–Kier alpha value is -2.57.